The Balaban J connectivity index is 1.66. The van der Waals surface area contributed by atoms with Gasteiger partial charge in [-0.2, -0.15) is 5.10 Å². The molecule has 0 atom stereocenters. The maximum atomic E-state index is 12.1. The van der Waals surface area contributed by atoms with E-state index < -0.39 is 0 Å². The summed E-state index contributed by atoms with van der Waals surface area (Å²) < 4.78 is 2.88. The summed E-state index contributed by atoms with van der Waals surface area (Å²) in [6.07, 6.45) is 3.38. The molecule has 24 heavy (non-hydrogen) atoms. The fourth-order valence-electron chi connectivity index (χ4n) is 2.22. The minimum Gasteiger partial charge on any atom is -0.349 e. The molecule has 8 nitrogen and oxygen atoms in total. The van der Waals surface area contributed by atoms with Gasteiger partial charge in [-0.3, -0.25) is 9.59 Å². The van der Waals surface area contributed by atoms with Gasteiger partial charge in [-0.05, 0) is 26.0 Å². The Morgan fingerprint density at radius 1 is 1.33 bits per heavy atom. The van der Waals surface area contributed by atoms with E-state index in [1.165, 1.54) is 22.1 Å². The molecule has 9 heteroatoms. The van der Waals surface area contributed by atoms with E-state index in [1.807, 2.05) is 6.92 Å². The average molecular weight is 344 g/mol. The van der Waals surface area contributed by atoms with Gasteiger partial charge >= 0.3 is 0 Å². The van der Waals surface area contributed by atoms with Crippen LogP contribution in [0.3, 0.4) is 0 Å². The molecule has 0 fully saturated rings. The summed E-state index contributed by atoms with van der Waals surface area (Å²) in [4.78, 5) is 28.9. The van der Waals surface area contributed by atoms with Crippen LogP contribution in [0.25, 0.3) is 5.82 Å². The van der Waals surface area contributed by atoms with Gasteiger partial charge in [0, 0.05) is 25.0 Å². The zero-order chi connectivity index (χ0) is 17.1. The lowest BCUT2D eigenvalue weighted by Gasteiger charge is -2.08. The second-order valence-electron chi connectivity index (χ2n) is 5.11. The summed E-state index contributed by atoms with van der Waals surface area (Å²) in [7, 11) is 0. The highest BCUT2D eigenvalue weighted by Gasteiger charge is 2.13. The Labute approximate surface area is 141 Å². The van der Waals surface area contributed by atoms with Crippen molar-refractivity contribution in [1.29, 1.82) is 0 Å². The maximum Gasteiger partial charge on any atom is 0.266 e. The van der Waals surface area contributed by atoms with Gasteiger partial charge in [-0.15, -0.1) is 16.4 Å². The molecule has 0 aromatic carbocycles. The molecule has 0 bridgehead atoms. The van der Waals surface area contributed by atoms with Crippen LogP contribution in [-0.4, -0.2) is 37.0 Å². The normalized spacial score (nSPS) is 10.8. The van der Waals surface area contributed by atoms with E-state index in [1.54, 1.807) is 36.1 Å². The van der Waals surface area contributed by atoms with Crippen molar-refractivity contribution >= 4 is 17.2 Å². The second kappa shape index (κ2) is 6.75. The minimum absolute atomic E-state index is 0.186. The Hall–Kier alpha value is -2.81. The average Bonchev–Trinajstić information content (AvgIpc) is 3.18. The molecule has 0 aliphatic rings. The third kappa shape index (κ3) is 3.40. The molecule has 3 rings (SSSR count). The highest BCUT2D eigenvalue weighted by molar-refractivity contribution is 7.13. The molecule has 0 unspecified atom stereocenters. The van der Waals surface area contributed by atoms with Crippen molar-refractivity contribution in [2.45, 2.75) is 20.4 Å². The summed E-state index contributed by atoms with van der Waals surface area (Å²) in [5, 5.41) is 12.0. The number of carbonyl (C=O) groups excluding carboxylic acids is 1. The van der Waals surface area contributed by atoms with Crippen molar-refractivity contribution in [1.82, 2.24) is 29.9 Å². The van der Waals surface area contributed by atoms with Crippen molar-refractivity contribution in [3.05, 3.63) is 56.5 Å². The Morgan fingerprint density at radius 3 is 2.83 bits per heavy atom. The largest absolute Gasteiger partial charge is 0.349 e. The Kier molecular flexibility index (Phi) is 4.52. The lowest BCUT2D eigenvalue weighted by atomic mass is 10.3. The number of nitrogens with zero attached hydrogens (tertiary/aromatic N) is 5. The van der Waals surface area contributed by atoms with E-state index in [0.29, 0.717) is 22.9 Å². The van der Waals surface area contributed by atoms with Crippen LogP contribution in [0.4, 0.5) is 0 Å². The first kappa shape index (κ1) is 16.1. The molecular weight excluding hydrogens is 328 g/mol. The predicted molar refractivity (Wildman–Crippen MR) is 89.5 cm³/mol. The number of aryl methyl sites for hydroxylation is 2. The first-order valence-electron chi connectivity index (χ1n) is 7.35. The SMILES string of the molecule is Cc1nc(C)c(C(=O)NCCn2nc(-n3cccn3)ccc2=O)s1. The second-order valence-corrected chi connectivity index (χ2v) is 6.31. The highest BCUT2D eigenvalue weighted by Crippen LogP contribution is 2.16. The predicted octanol–water partition coefficient (Wildman–Crippen LogP) is 0.932. The molecule has 0 spiro atoms. The van der Waals surface area contributed by atoms with E-state index in [4.69, 9.17) is 0 Å². The summed E-state index contributed by atoms with van der Waals surface area (Å²) in [5.74, 6) is 0.356. The number of hydrogen-bond donors (Lipinski definition) is 1. The molecule has 1 N–H and O–H groups in total. The highest BCUT2D eigenvalue weighted by atomic mass is 32.1. The van der Waals surface area contributed by atoms with Crippen LogP contribution in [0.5, 0.6) is 0 Å². The number of amides is 1. The van der Waals surface area contributed by atoms with E-state index in [-0.39, 0.29) is 18.0 Å². The van der Waals surface area contributed by atoms with Crippen LogP contribution in [-0.2, 0) is 6.54 Å². The lowest BCUT2D eigenvalue weighted by Crippen LogP contribution is -2.32. The van der Waals surface area contributed by atoms with Crippen molar-refractivity contribution < 1.29 is 4.79 Å². The molecule has 0 radical (unpaired) electrons. The number of thiazole rings is 1. The summed E-state index contributed by atoms with van der Waals surface area (Å²) in [5.41, 5.74) is 0.482. The van der Waals surface area contributed by atoms with Gasteiger partial charge in [-0.25, -0.2) is 14.3 Å². The van der Waals surface area contributed by atoms with Crippen LogP contribution in [0, 0.1) is 13.8 Å². The van der Waals surface area contributed by atoms with Gasteiger partial charge in [0.25, 0.3) is 11.5 Å². The number of rotatable bonds is 5. The third-order valence-electron chi connectivity index (χ3n) is 3.31. The lowest BCUT2D eigenvalue weighted by molar-refractivity contribution is 0.0955. The zero-order valence-corrected chi connectivity index (χ0v) is 14.1. The molecular formula is C15H16N6O2S. The standard InChI is InChI=1S/C15H16N6O2S/c1-10-14(24-11(2)18-10)15(23)16-7-9-21-13(22)5-4-12(19-21)20-8-3-6-17-20/h3-6,8H,7,9H2,1-2H3,(H,16,23). The monoisotopic (exact) mass is 344 g/mol. The van der Waals surface area contributed by atoms with E-state index in [2.05, 4.69) is 20.5 Å². The Morgan fingerprint density at radius 2 is 2.17 bits per heavy atom. The van der Waals surface area contributed by atoms with E-state index in [0.717, 1.165) is 5.01 Å². The van der Waals surface area contributed by atoms with Gasteiger partial charge in [0.15, 0.2) is 5.82 Å². The first-order valence-corrected chi connectivity index (χ1v) is 8.16. The van der Waals surface area contributed by atoms with Crippen molar-refractivity contribution in [2.75, 3.05) is 6.54 Å². The quantitative estimate of drug-likeness (QED) is 0.743. The van der Waals surface area contributed by atoms with Gasteiger partial charge < -0.3 is 5.32 Å². The van der Waals surface area contributed by atoms with Crippen LogP contribution in [0.2, 0.25) is 0 Å². The molecule has 3 heterocycles. The topological polar surface area (TPSA) is 94.7 Å². The molecule has 3 aromatic rings. The number of aromatic nitrogens is 5. The first-order chi connectivity index (χ1) is 11.5. The molecule has 0 aliphatic carbocycles. The molecule has 0 aliphatic heterocycles. The molecule has 3 aromatic heterocycles. The fraction of sp³-hybridized carbons (Fsp3) is 0.267. The van der Waals surface area contributed by atoms with Crippen molar-refractivity contribution in [3.63, 3.8) is 0 Å². The van der Waals surface area contributed by atoms with Gasteiger partial charge in [0.05, 0.1) is 17.2 Å². The fourth-order valence-corrected chi connectivity index (χ4v) is 3.06. The molecule has 124 valence electrons. The summed E-state index contributed by atoms with van der Waals surface area (Å²) in [6.45, 7) is 4.23. The van der Waals surface area contributed by atoms with Crippen molar-refractivity contribution in [3.8, 4) is 5.82 Å². The number of carbonyl (C=O) groups is 1. The summed E-state index contributed by atoms with van der Waals surface area (Å²) in [6, 6.07) is 4.81. The summed E-state index contributed by atoms with van der Waals surface area (Å²) >= 11 is 1.35. The van der Waals surface area contributed by atoms with Crippen LogP contribution in [0.1, 0.15) is 20.4 Å². The minimum atomic E-state index is -0.232. The Bertz CT molecular complexity index is 912. The molecule has 0 saturated carbocycles. The maximum absolute atomic E-state index is 12.1. The van der Waals surface area contributed by atoms with Gasteiger partial charge in [-0.1, -0.05) is 0 Å². The van der Waals surface area contributed by atoms with Crippen LogP contribution >= 0.6 is 11.3 Å². The van der Waals surface area contributed by atoms with Crippen LogP contribution < -0.4 is 10.9 Å². The van der Waals surface area contributed by atoms with Gasteiger partial charge in [0.2, 0.25) is 0 Å². The zero-order valence-electron chi connectivity index (χ0n) is 13.3. The molecule has 1 amide bonds. The third-order valence-corrected chi connectivity index (χ3v) is 4.38. The van der Waals surface area contributed by atoms with Crippen LogP contribution in [0.15, 0.2) is 35.4 Å². The molecule has 0 saturated heterocycles. The number of nitrogens with one attached hydrogen (secondary N) is 1. The van der Waals surface area contributed by atoms with E-state index in [9.17, 15) is 9.59 Å². The smallest absolute Gasteiger partial charge is 0.266 e. The van der Waals surface area contributed by atoms with E-state index >= 15 is 0 Å². The number of hydrogen-bond acceptors (Lipinski definition) is 6. The van der Waals surface area contributed by atoms with Crippen molar-refractivity contribution in [2.24, 2.45) is 0 Å². The van der Waals surface area contributed by atoms with Gasteiger partial charge in [0.1, 0.15) is 4.88 Å².